The Hall–Kier alpha value is -2.96. The number of aromatic nitrogens is 2. The fraction of sp³-hybridized carbons (Fsp3) is 0.273. The van der Waals surface area contributed by atoms with Gasteiger partial charge in [-0.05, 0) is 29.2 Å². The summed E-state index contributed by atoms with van der Waals surface area (Å²) in [5.74, 6) is -0.160. The Morgan fingerprint density at radius 3 is 2.61 bits per heavy atom. The van der Waals surface area contributed by atoms with E-state index < -0.39 is 11.9 Å². The van der Waals surface area contributed by atoms with Gasteiger partial charge in [0, 0.05) is 19.6 Å². The van der Waals surface area contributed by atoms with Crippen LogP contribution in [0.25, 0.3) is 12.2 Å². The number of fused-ring (bicyclic) bond motifs is 1. The molecule has 0 fully saturated rings. The van der Waals surface area contributed by atoms with Gasteiger partial charge in [-0.25, -0.2) is 4.79 Å². The van der Waals surface area contributed by atoms with Crippen molar-refractivity contribution in [2.75, 3.05) is 13.1 Å². The fourth-order valence-electron chi connectivity index (χ4n) is 3.58. The molecule has 1 unspecified atom stereocenters. The van der Waals surface area contributed by atoms with E-state index in [0.29, 0.717) is 12.4 Å². The maximum Gasteiger partial charge on any atom is 0.441 e. The molecule has 0 bridgehead atoms. The minimum Gasteiger partial charge on any atom is -0.390 e. The van der Waals surface area contributed by atoms with Gasteiger partial charge in [-0.2, -0.15) is 0 Å². The summed E-state index contributed by atoms with van der Waals surface area (Å²) in [4.78, 5) is 14.2. The summed E-state index contributed by atoms with van der Waals surface area (Å²) in [6.07, 6.45) is 3.87. The van der Waals surface area contributed by atoms with Gasteiger partial charge < -0.3 is 5.11 Å². The molecule has 28 heavy (non-hydrogen) atoms. The monoisotopic (exact) mass is 377 g/mol. The highest BCUT2D eigenvalue weighted by Gasteiger charge is 2.20. The van der Waals surface area contributed by atoms with E-state index in [-0.39, 0.29) is 6.54 Å². The van der Waals surface area contributed by atoms with Crippen LogP contribution >= 0.6 is 0 Å². The lowest BCUT2D eigenvalue weighted by Gasteiger charge is -2.30. The molecule has 0 saturated heterocycles. The van der Waals surface area contributed by atoms with E-state index in [1.54, 1.807) is 6.08 Å². The predicted molar refractivity (Wildman–Crippen MR) is 108 cm³/mol. The number of hydrogen-bond donors (Lipinski definition) is 1. The first-order valence-electron chi connectivity index (χ1n) is 9.46. The van der Waals surface area contributed by atoms with E-state index in [1.165, 1.54) is 15.7 Å². The van der Waals surface area contributed by atoms with Crippen LogP contribution < -0.4 is 5.76 Å². The van der Waals surface area contributed by atoms with E-state index in [2.05, 4.69) is 28.3 Å². The molecule has 2 heterocycles. The van der Waals surface area contributed by atoms with Crippen LogP contribution in [0.1, 0.15) is 22.5 Å². The molecule has 0 radical (unpaired) electrons. The average molecular weight is 377 g/mol. The molecule has 1 N–H and O–H groups in total. The van der Waals surface area contributed by atoms with E-state index in [9.17, 15) is 9.90 Å². The number of benzene rings is 2. The number of aliphatic hydroxyl groups is 1. The van der Waals surface area contributed by atoms with Crippen molar-refractivity contribution in [2.45, 2.75) is 25.6 Å². The molecule has 2 aromatic carbocycles. The summed E-state index contributed by atoms with van der Waals surface area (Å²) in [5, 5.41) is 14.4. The van der Waals surface area contributed by atoms with Crippen LogP contribution in [0.5, 0.6) is 0 Å². The second-order valence-electron chi connectivity index (χ2n) is 7.07. The Bertz CT molecular complexity index is 1010. The molecule has 1 aromatic heterocycles. The van der Waals surface area contributed by atoms with Crippen molar-refractivity contribution in [1.82, 2.24) is 14.6 Å². The summed E-state index contributed by atoms with van der Waals surface area (Å²) in [6, 6.07) is 18.1. The molecule has 0 spiro atoms. The predicted octanol–water partition coefficient (Wildman–Crippen LogP) is 2.43. The van der Waals surface area contributed by atoms with Gasteiger partial charge in [0.05, 0.1) is 12.6 Å². The van der Waals surface area contributed by atoms with Crippen molar-refractivity contribution in [1.29, 1.82) is 0 Å². The van der Waals surface area contributed by atoms with Gasteiger partial charge in [-0.1, -0.05) is 65.8 Å². The van der Waals surface area contributed by atoms with Gasteiger partial charge in [0.1, 0.15) is 0 Å². The zero-order valence-corrected chi connectivity index (χ0v) is 15.6. The van der Waals surface area contributed by atoms with Crippen LogP contribution in [0.15, 0.2) is 63.9 Å². The lowest BCUT2D eigenvalue weighted by Crippen LogP contribution is -2.39. The van der Waals surface area contributed by atoms with Crippen LogP contribution in [0.3, 0.4) is 0 Å². The third kappa shape index (κ3) is 4.30. The Kier molecular flexibility index (Phi) is 5.50. The molecule has 6 heteroatoms. The zero-order valence-electron chi connectivity index (χ0n) is 15.6. The summed E-state index contributed by atoms with van der Waals surface area (Å²) in [7, 11) is 0. The minimum absolute atomic E-state index is 0.148. The second kappa shape index (κ2) is 8.37. The second-order valence-corrected chi connectivity index (χ2v) is 7.07. The van der Waals surface area contributed by atoms with Crippen LogP contribution in [0.4, 0.5) is 0 Å². The lowest BCUT2D eigenvalue weighted by atomic mass is 10.00. The molecule has 3 aromatic rings. The van der Waals surface area contributed by atoms with Crippen LogP contribution in [0.2, 0.25) is 0 Å². The van der Waals surface area contributed by atoms with E-state index in [4.69, 9.17) is 4.52 Å². The smallest absolute Gasteiger partial charge is 0.390 e. The van der Waals surface area contributed by atoms with E-state index >= 15 is 0 Å². The normalized spacial score (nSPS) is 15.6. The molecular formula is C22H23N3O3. The molecule has 1 aliphatic rings. The summed E-state index contributed by atoms with van der Waals surface area (Å²) < 4.78 is 6.18. The minimum atomic E-state index is -0.689. The first kappa shape index (κ1) is 18.4. The molecule has 4 rings (SSSR count). The van der Waals surface area contributed by atoms with Gasteiger partial charge in [0.25, 0.3) is 0 Å². The van der Waals surface area contributed by atoms with Crippen molar-refractivity contribution < 1.29 is 9.63 Å². The van der Waals surface area contributed by atoms with Crippen molar-refractivity contribution >= 4 is 12.2 Å². The number of nitrogens with zero attached hydrogens (tertiary/aromatic N) is 3. The summed E-state index contributed by atoms with van der Waals surface area (Å²) >= 11 is 0. The van der Waals surface area contributed by atoms with Gasteiger partial charge in [-0.15, -0.1) is 0 Å². The molecular weight excluding hydrogens is 354 g/mol. The van der Waals surface area contributed by atoms with Crippen LogP contribution in [0, 0.1) is 0 Å². The number of β-amino-alcohol motifs (C(OH)–C–C–N with tert-alkyl or cyclic N) is 1. The highest BCUT2D eigenvalue weighted by atomic mass is 16.5. The SMILES string of the molecule is O=c1onc(C=Cc2ccccc2)n1CC(O)CN1CCc2ccccc2C1. The molecule has 0 amide bonds. The molecule has 0 saturated carbocycles. The highest BCUT2D eigenvalue weighted by molar-refractivity contribution is 5.66. The summed E-state index contributed by atoms with van der Waals surface area (Å²) in [5.41, 5.74) is 3.67. The van der Waals surface area contributed by atoms with Gasteiger partial charge >= 0.3 is 5.76 Å². The molecule has 1 aliphatic heterocycles. The third-order valence-electron chi connectivity index (χ3n) is 5.01. The van der Waals surface area contributed by atoms with Gasteiger partial charge in [0.15, 0.2) is 5.82 Å². The van der Waals surface area contributed by atoms with Gasteiger partial charge in [-0.3, -0.25) is 14.0 Å². The average Bonchev–Trinajstić information content (AvgIpc) is 3.06. The van der Waals surface area contributed by atoms with Crippen molar-refractivity contribution in [3.8, 4) is 0 Å². The lowest BCUT2D eigenvalue weighted by molar-refractivity contribution is 0.0900. The molecule has 0 aliphatic carbocycles. The number of rotatable bonds is 6. The van der Waals surface area contributed by atoms with Crippen LogP contribution in [-0.2, 0) is 19.5 Å². The third-order valence-corrected chi connectivity index (χ3v) is 5.01. The van der Waals surface area contributed by atoms with E-state index in [0.717, 1.165) is 25.1 Å². The number of hydrogen-bond acceptors (Lipinski definition) is 5. The Morgan fingerprint density at radius 2 is 1.79 bits per heavy atom. The molecule has 1 atom stereocenters. The Morgan fingerprint density at radius 1 is 1.04 bits per heavy atom. The van der Waals surface area contributed by atoms with Crippen molar-refractivity contribution in [3.63, 3.8) is 0 Å². The van der Waals surface area contributed by atoms with Gasteiger partial charge in [0.2, 0.25) is 0 Å². The summed E-state index contributed by atoms with van der Waals surface area (Å²) in [6.45, 7) is 2.35. The largest absolute Gasteiger partial charge is 0.441 e. The first-order chi connectivity index (χ1) is 13.7. The fourth-order valence-corrected chi connectivity index (χ4v) is 3.58. The maximum atomic E-state index is 12.0. The van der Waals surface area contributed by atoms with Crippen molar-refractivity contribution in [2.24, 2.45) is 0 Å². The Labute approximate surface area is 163 Å². The molecule has 6 nitrogen and oxygen atoms in total. The molecule has 144 valence electrons. The Balaban J connectivity index is 1.41. The number of aliphatic hydroxyl groups excluding tert-OH is 1. The topological polar surface area (TPSA) is 71.5 Å². The highest BCUT2D eigenvalue weighted by Crippen LogP contribution is 2.18. The quantitative estimate of drug-likeness (QED) is 0.714. The maximum absolute atomic E-state index is 12.0. The zero-order chi connectivity index (χ0) is 19.3. The standard InChI is InChI=1S/C22H23N3O3/c26-20(15-24-13-12-18-8-4-5-9-19(18)14-24)16-25-21(23-28-22(25)27)11-10-17-6-2-1-3-7-17/h1-11,20,26H,12-16H2. The van der Waals surface area contributed by atoms with Crippen LogP contribution in [-0.4, -0.2) is 38.9 Å². The van der Waals surface area contributed by atoms with Crippen molar-refractivity contribution in [3.05, 3.63) is 87.7 Å². The van der Waals surface area contributed by atoms with E-state index in [1.807, 2.05) is 42.5 Å². The first-order valence-corrected chi connectivity index (χ1v) is 9.46.